The Hall–Kier alpha value is -1.36. The normalized spacial score (nSPS) is 10.5. The predicted molar refractivity (Wildman–Crippen MR) is 71.6 cm³/mol. The molecule has 0 aliphatic rings. The van der Waals surface area contributed by atoms with Crippen LogP contribution in [0, 0.1) is 5.95 Å². The second-order valence-corrected chi connectivity index (χ2v) is 4.75. The van der Waals surface area contributed by atoms with E-state index in [1.807, 2.05) is 0 Å². The molecule has 0 saturated heterocycles. The van der Waals surface area contributed by atoms with Crippen LogP contribution in [0.3, 0.4) is 0 Å². The standard InChI is InChI=1S/C12H5Cl3FNO2/c13-6-2-3-7(14)10(15)9(6)5-1-4-8(12(18)19)17-11(5)16/h1-4H,(H,18,19). The second-order valence-electron chi connectivity index (χ2n) is 3.56. The Morgan fingerprint density at radius 2 is 1.74 bits per heavy atom. The van der Waals surface area contributed by atoms with Crippen molar-refractivity contribution in [3.8, 4) is 11.1 Å². The van der Waals surface area contributed by atoms with Crippen molar-refractivity contribution in [2.24, 2.45) is 0 Å². The van der Waals surface area contributed by atoms with Crippen molar-refractivity contribution in [1.29, 1.82) is 0 Å². The number of nitrogens with zero attached hydrogens (tertiary/aromatic N) is 1. The van der Waals surface area contributed by atoms with Crippen molar-refractivity contribution in [3.63, 3.8) is 0 Å². The molecule has 0 fully saturated rings. The van der Waals surface area contributed by atoms with Crippen LogP contribution in [0.4, 0.5) is 4.39 Å². The van der Waals surface area contributed by atoms with Gasteiger partial charge in [-0.3, -0.25) is 0 Å². The third-order valence-corrected chi connectivity index (χ3v) is 3.50. The quantitative estimate of drug-likeness (QED) is 0.652. The fourth-order valence-electron chi connectivity index (χ4n) is 1.51. The van der Waals surface area contributed by atoms with Crippen LogP contribution in [0.25, 0.3) is 11.1 Å². The highest BCUT2D eigenvalue weighted by Crippen LogP contribution is 2.39. The molecule has 0 aliphatic heterocycles. The van der Waals surface area contributed by atoms with Crippen molar-refractivity contribution < 1.29 is 14.3 Å². The van der Waals surface area contributed by atoms with Crippen molar-refractivity contribution >= 4 is 40.8 Å². The molecule has 0 saturated carbocycles. The topological polar surface area (TPSA) is 50.2 Å². The number of carboxylic acids is 1. The van der Waals surface area contributed by atoms with E-state index in [2.05, 4.69) is 4.98 Å². The maximum atomic E-state index is 13.9. The predicted octanol–water partition coefficient (Wildman–Crippen LogP) is 4.55. The number of carbonyl (C=O) groups is 1. The van der Waals surface area contributed by atoms with E-state index in [9.17, 15) is 9.18 Å². The Labute approximate surface area is 122 Å². The van der Waals surface area contributed by atoms with Gasteiger partial charge in [-0.1, -0.05) is 34.8 Å². The van der Waals surface area contributed by atoms with Gasteiger partial charge in [0.1, 0.15) is 0 Å². The number of pyridine rings is 1. The van der Waals surface area contributed by atoms with Crippen molar-refractivity contribution in [3.05, 3.63) is 51.0 Å². The van der Waals surface area contributed by atoms with E-state index in [4.69, 9.17) is 39.9 Å². The molecule has 0 unspecified atom stereocenters. The third-order valence-electron chi connectivity index (χ3n) is 2.38. The van der Waals surface area contributed by atoms with Gasteiger partial charge in [0.2, 0.25) is 5.95 Å². The fraction of sp³-hybridized carbons (Fsp3) is 0. The van der Waals surface area contributed by atoms with Crippen LogP contribution in [0.5, 0.6) is 0 Å². The van der Waals surface area contributed by atoms with Crippen molar-refractivity contribution in [2.75, 3.05) is 0 Å². The van der Waals surface area contributed by atoms with E-state index in [1.54, 1.807) is 0 Å². The summed E-state index contributed by atoms with van der Waals surface area (Å²) in [6.07, 6.45) is 0. The first kappa shape index (κ1) is 14.1. The zero-order chi connectivity index (χ0) is 14.2. The highest BCUT2D eigenvalue weighted by atomic mass is 35.5. The van der Waals surface area contributed by atoms with Gasteiger partial charge in [0.15, 0.2) is 5.69 Å². The molecule has 0 aliphatic carbocycles. The monoisotopic (exact) mass is 319 g/mol. The molecule has 1 aromatic heterocycles. The molecule has 98 valence electrons. The van der Waals surface area contributed by atoms with Crippen molar-refractivity contribution in [2.45, 2.75) is 0 Å². The molecule has 1 N–H and O–H groups in total. The van der Waals surface area contributed by atoms with E-state index in [1.165, 1.54) is 18.2 Å². The molecule has 0 spiro atoms. The van der Waals surface area contributed by atoms with Crippen LogP contribution in [0.2, 0.25) is 15.1 Å². The summed E-state index contributed by atoms with van der Waals surface area (Å²) in [5.41, 5.74) is -0.240. The van der Waals surface area contributed by atoms with Gasteiger partial charge in [-0.15, -0.1) is 0 Å². The molecular weight excluding hydrogens is 315 g/mol. The molecular formula is C12H5Cl3FNO2. The van der Waals surface area contributed by atoms with E-state index in [0.29, 0.717) is 0 Å². The minimum Gasteiger partial charge on any atom is -0.477 e. The van der Waals surface area contributed by atoms with Crippen LogP contribution in [-0.2, 0) is 0 Å². The number of hydrogen-bond donors (Lipinski definition) is 1. The van der Waals surface area contributed by atoms with Crippen LogP contribution >= 0.6 is 34.8 Å². The zero-order valence-corrected chi connectivity index (χ0v) is 11.4. The number of aromatic carboxylic acids is 1. The Bertz CT molecular complexity index is 676. The van der Waals surface area contributed by atoms with Crippen LogP contribution in [-0.4, -0.2) is 16.1 Å². The Kier molecular flexibility index (Phi) is 3.94. The largest absolute Gasteiger partial charge is 0.477 e. The Balaban J connectivity index is 2.66. The van der Waals surface area contributed by atoms with Gasteiger partial charge >= 0.3 is 5.97 Å². The maximum Gasteiger partial charge on any atom is 0.354 e. The number of aromatic nitrogens is 1. The molecule has 0 atom stereocenters. The first-order valence-corrected chi connectivity index (χ1v) is 6.09. The summed E-state index contributed by atoms with van der Waals surface area (Å²) in [6, 6.07) is 5.35. The lowest BCUT2D eigenvalue weighted by Gasteiger charge is -2.09. The maximum absolute atomic E-state index is 13.9. The van der Waals surface area contributed by atoms with Gasteiger partial charge in [-0.05, 0) is 24.3 Å². The fourth-order valence-corrected chi connectivity index (χ4v) is 2.25. The first-order chi connectivity index (χ1) is 8.91. The molecule has 19 heavy (non-hydrogen) atoms. The summed E-state index contributed by atoms with van der Waals surface area (Å²) in [4.78, 5) is 14.0. The number of rotatable bonds is 2. The Morgan fingerprint density at radius 1 is 1.11 bits per heavy atom. The molecule has 0 radical (unpaired) electrons. The number of hydrogen-bond acceptors (Lipinski definition) is 2. The van der Waals surface area contributed by atoms with E-state index >= 15 is 0 Å². The summed E-state index contributed by atoms with van der Waals surface area (Å²) >= 11 is 17.8. The van der Waals surface area contributed by atoms with Crippen LogP contribution in [0.1, 0.15) is 10.5 Å². The molecule has 1 heterocycles. The van der Waals surface area contributed by atoms with Gasteiger partial charge in [-0.2, -0.15) is 4.39 Å². The van der Waals surface area contributed by atoms with Gasteiger partial charge in [-0.25, -0.2) is 9.78 Å². The van der Waals surface area contributed by atoms with Gasteiger partial charge in [0.25, 0.3) is 0 Å². The summed E-state index contributed by atoms with van der Waals surface area (Å²) in [6.45, 7) is 0. The first-order valence-electron chi connectivity index (χ1n) is 4.95. The molecule has 0 amide bonds. The summed E-state index contributed by atoms with van der Waals surface area (Å²) in [7, 11) is 0. The summed E-state index contributed by atoms with van der Waals surface area (Å²) in [5, 5.41) is 9.21. The molecule has 1 aromatic carbocycles. The molecule has 0 bridgehead atoms. The van der Waals surface area contributed by atoms with Gasteiger partial charge < -0.3 is 5.11 Å². The molecule has 3 nitrogen and oxygen atoms in total. The lowest BCUT2D eigenvalue weighted by molar-refractivity contribution is 0.0689. The smallest absolute Gasteiger partial charge is 0.354 e. The average Bonchev–Trinajstić information content (AvgIpc) is 2.36. The number of halogens is 4. The SMILES string of the molecule is O=C(O)c1ccc(-c2c(Cl)ccc(Cl)c2Cl)c(F)n1. The van der Waals surface area contributed by atoms with Crippen LogP contribution < -0.4 is 0 Å². The van der Waals surface area contributed by atoms with E-state index in [0.717, 1.165) is 6.07 Å². The highest BCUT2D eigenvalue weighted by molar-refractivity contribution is 6.46. The van der Waals surface area contributed by atoms with Gasteiger partial charge in [0, 0.05) is 11.1 Å². The lowest BCUT2D eigenvalue weighted by Crippen LogP contribution is -2.03. The molecule has 7 heteroatoms. The lowest BCUT2D eigenvalue weighted by atomic mass is 10.1. The summed E-state index contributed by atoms with van der Waals surface area (Å²) < 4.78 is 13.9. The van der Waals surface area contributed by atoms with E-state index in [-0.39, 0.29) is 26.2 Å². The number of carboxylic acid groups (broad SMARTS) is 1. The second kappa shape index (κ2) is 5.33. The van der Waals surface area contributed by atoms with Gasteiger partial charge in [0.05, 0.1) is 15.1 Å². The average molecular weight is 321 g/mol. The summed E-state index contributed by atoms with van der Waals surface area (Å²) in [5.74, 6) is -2.31. The zero-order valence-electron chi connectivity index (χ0n) is 9.12. The van der Waals surface area contributed by atoms with Crippen LogP contribution in [0.15, 0.2) is 24.3 Å². The number of benzene rings is 1. The molecule has 2 rings (SSSR count). The van der Waals surface area contributed by atoms with E-state index < -0.39 is 17.6 Å². The van der Waals surface area contributed by atoms with Crippen molar-refractivity contribution in [1.82, 2.24) is 4.98 Å². The molecule has 2 aromatic rings. The Morgan fingerprint density at radius 3 is 2.32 bits per heavy atom. The minimum atomic E-state index is -1.33. The third kappa shape index (κ3) is 2.66. The highest BCUT2D eigenvalue weighted by Gasteiger charge is 2.18. The minimum absolute atomic E-state index is 0.0116.